The molecule has 1 N–H and O–H groups in total. The van der Waals surface area contributed by atoms with Crippen molar-refractivity contribution in [1.82, 2.24) is 0 Å². The Morgan fingerprint density at radius 2 is 1.48 bits per heavy atom. The molecule has 122 valence electrons. The molecule has 0 aliphatic heterocycles. The molecule has 3 atom stereocenters. The maximum atomic E-state index is 10.2. The van der Waals surface area contributed by atoms with Gasteiger partial charge >= 0.3 is 55.0 Å². The van der Waals surface area contributed by atoms with Crippen LogP contribution in [0, 0.1) is 0 Å². The van der Waals surface area contributed by atoms with Crippen LogP contribution < -0.4 is 34.7 Å². The fraction of sp³-hybridized carbons (Fsp3) is 1.00. The van der Waals surface area contributed by atoms with Crippen LogP contribution in [-0.4, -0.2) is 31.9 Å². The smallest absolute Gasteiger partial charge is 0.857 e. The molecule has 0 aromatic carbocycles. The summed E-state index contributed by atoms with van der Waals surface area (Å²) in [5.41, 5.74) is 0. The van der Waals surface area contributed by atoms with Gasteiger partial charge in [0.1, 0.15) is 13.2 Å². The molecule has 0 fully saturated rings. The maximum absolute atomic E-state index is 10.2. The van der Waals surface area contributed by atoms with E-state index in [0.717, 1.165) is 32.8 Å². The summed E-state index contributed by atoms with van der Waals surface area (Å²) in [4.78, 5) is 7.04. The molecule has 0 bridgehead atoms. The van der Waals surface area contributed by atoms with Crippen molar-refractivity contribution in [3.05, 3.63) is 0 Å². The molecule has 0 spiro atoms. The molecule has 0 amide bonds. The van der Waals surface area contributed by atoms with Gasteiger partial charge < -0.3 is 5.11 Å². The zero-order chi connectivity index (χ0) is 16.6. The quantitative estimate of drug-likeness (QED) is 0.356. The average molecular weight is 375 g/mol. The van der Waals surface area contributed by atoms with Crippen molar-refractivity contribution in [2.45, 2.75) is 39.5 Å². The molecule has 0 heterocycles. The SMILES string of the molecule is CCCCO[P+](C)=O.CCCCO[PH+]=O.C[O-].O=[PH+]O.[Na+]. The van der Waals surface area contributed by atoms with Gasteiger partial charge in [0.05, 0.1) is 0 Å². The van der Waals surface area contributed by atoms with Crippen molar-refractivity contribution in [2.75, 3.05) is 27.0 Å². The molecular formula is C10H27NaO7P3+3. The van der Waals surface area contributed by atoms with Crippen molar-refractivity contribution < 1.29 is 62.3 Å². The average Bonchev–Trinajstić information content (AvgIpc) is 2.43. The molecule has 0 rings (SSSR count). The molecular weight excluding hydrogens is 348 g/mol. The Morgan fingerprint density at radius 3 is 1.76 bits per heavy atom. The third kappa shape index (κ3) is 75.3. The molecule has 0 saturated heterocycles. The minimum absolute atomic E-state index is 0. The van der Waals surface area contributed by atoms with Crippen LogP contribution in [0.1, 0.15) is 39.5 Å². The molecule has 7 nitrogen and oxygen atoms in total. The molecule has 0 saturated carbocycles. The van der Waals surface area contributed by atoms with E-state index >= 15 is 0 Å². The summed E-state index contributed by atoms with van der Waals surface area (Å²) < 4.78 is 37.7. The summed E-state index contributed by atoms with van der Waals surface area (Å²) in [6.07, 6.45) is 4.22. The van der Waals surface area contributed by atoms with Crippen molar-refractivity contribution >= 4 is 25.4 Å². The first-order valence-corrected chi connectivity index (χ1v) is 9.34. The second-order valence-electron chi connectivity index (χ2n) is 3.00. The van der Waals surface area contributed by atoms with Crippen LogP contribution in [0.25, 0.3) is 0 Å². The van der Waals surface area contributed by atoms with Gasteiger partial charge in [-0.05, 0) is 26.5 Å². The second kappa shape index (κ2) is 42.9. The molecule has 0 aliphatic rings. The zero-order valence-electron chi connectivity index (χ0n) is 13.6. The van der Waals surface area contributed by atoms with Gasteiger partial charge in [0.2, 0.25) is 0 Å². The van der Waals surface area contributed by atoms with Gasteiger partial charge in [0, 0.05) is 0 Å². The molecule has 11 heteroatoms. The monoisotopic (exact) mass is 375 g/mol. The largest absolute Gasteiger partial charge is 1.00 e. The Balaban J connectivity index is -0.0000000603. The summed E-state index contributed by atoms with van der Waals surface area (Å²) in [6, 6.07) is 0. The second-order valence-corrected chi connectivity index (χ2v) is 4.78. The van der Waals surface area contributed by atoms with Gasteiger partial charge in [-0.1, -0.05) is 26.7 Å². The molecule has 0 aromatic rings. The number of unbranched alkanes of at least 4 members (excludes halogenated alkanes) is 2. The van der Waals surface area contributed by atoms with E-state index in [1.165, 1.54) is 0 Å². The Hall–Kier alpha value is 1.14. The number of rotatable bonds is 8. The molecule has 0 radical (unpaired) electrons. The number of hydrogen-bond acceptors (Lipinski definition) is 6. The van der Waals surface area contributed by atoms with E-state index in [4.69, 9.17) is 19.1 Å². The normalized spacial score (nSPS) is 8.95. The van der Waals surface area contributed by atoms with Crippen molar-refractivity contribution in [1.29, 1.82) is 0 Å². The molecule has 0 aliphatic carbocycles. The van der Waals surface area contributed by atoms with Crippen LogP contribution in [0.2, 0.25) is 0 Å². The van der Waals surface area contributed by atoms with Crippen molar-refractivity contribution in [3.8, 4) is 0 Å². The minimum Gasteiger partial charge on any atom is -0.857 e. The van der Waals surface area contributed by atoms with Gasteiger partial charge in [-0.15, -0.1) is 9.05 Å². The first kappa shape index (κ1) is 33.7. The Bertz CT molecular complexity index is 199. The predicted molar refractivity (Wildman–Crippen MR) is 81.4 cm³/mol. The summed E-state index contributed by atoms with van der Waals surface area (Å²) >= 11 is 0. The van der Waals surface area contributed by atoms with E-state index in [0.29, 0.717) is 13.2 Å². The van der Waals surface area contributed by atoms with E-state index in [1.807, 2.05) is 0 Å². The molecule has 3 unspecified atom stereocenters. The summed E-state index contributed by atoms with van der Waals surface area (Å²) in [5.74, 6) is 0. The summed E-state index contributed by atoms with van der Waals surface area (Å²) in [7, 11) is -2.36. The molecule has 21 heavy (non-hydrogen) atoms. The third-order valence-corrected chi connectivity index (χ3v) is 2.30. The zero-order valence-corrected chi connectivity index (χ0v) is 18.5. The Kier molecular flexibility index (Phi) is 68.8. The van der Waals surface area contributed by atoms with Crippen LogP contribution in [0.3, 0.4) is 0 Å². The topological polar surface area (TPSA) is 113 Å². The fourth-order valence-corrected chi connectivity index (χ4v) is 1.21. The predicted octanol–water partition coefficient (Wildman–Crippen LogP) is -0.184. The van der Waals surface area contributed by atoms with Crippen LogP contribution in [0.5, 0.6) is 0 Å². The maximum Gasteiger partial charge on any atom is 1.00 e. The Morgan fingerprint density at radius 1 is 1.10 bits per heavy atom. The van der Waals surface area contributed by atoms with E-state index < -0.39 is 25.4 Å². The van der Waals surface area contributed by atoms with Gasteiger partial charge in [-0.2, -0.15) is 12.0 Å². The van der Waals surface area contributed by atoms with Gasteiger partial charge in [0.15, 0.2) is 6.66 Å². The van der Waals surface area contributed by atoms with Crippen molar-refractivity contribution in [2.24, 2.45) is 0 Å². The van der Waals surface area contributed by atoms with Crippen LogP contribution in [0.4, 0.5) is 0 Å². The summed E-state index contributed by atoms with van der Waals surface area (Å²) in [6.45, 7) is 7.00. The van der Waals surface area contributed by atoms with E-state index in [-0.39, 0.29) is 29.6 Å². The van der Waals surface area contributed by atoms with Crippen LogP contribution >= 0.6 is 25.4 Å². The van der Waals surface area contributed by atoms with E-state index in [1.54, 1.807) is 6.66 Å². The minimum atomic E-state index is -1.36. The standard InChI is InChI=1S/C5H12O2P.C4H10O2P.CH3O.Na.HO2P/c1-3-4-5-7-8(2)6;1-2-3-4-6-7-5;1-2;;1-3-2/h3-5H2,1-2H3;7H,2-4H2,1H3;1H3;;3H/q2*+1;-1;+1;/p+1. The summed E-state index contributed by atoms with van der Waals surface area (Å²) in [5, 5.41) is 8.25. The fourth-order valence-electron chi connectivity index (χ4n) is 0.596. The van der Waals surface area contributed by atoms with Crippen molar-refractivity contribution in [3.63, 3.8) is 0 Å². The first-order chi connectivity index (χ1) is 9.60. The van der Waals surface area contributed by atoms with Crippen LogP contribution in [0.15, 0.2) is 0 Å². The van der Waals surface area contributed by atoms with Crippen LogP contribution in [-0.2, 0) is 22.7 Å². The van der Waals surface area contributed by atoms with Gasteiger partial charge in [0.25, 0.3) is 0 Å². The third-order valence-electron chi connectivity index (χ3n) is 1.43. The molecule has 0 aromatic heterocycles. The number of hydrogen-bond donors (Lipinski definition) is 1. The van der Waals surface area contributed by atoms with E-state index in [2.05, 4.69) is 18.4 Å². The van der Waals surface area contributed by atoms with Gasteiger partial charge in [-0.3, -0.25) is 0 Å². The first-order valence-electron chi connectivity index (χ1n) is 6.05. The van der Waals surface area contributed by atoms with E-state index in [9.17, 15) is 9.13 Å². The Labute approximate surface area is 153 Å². The van der Waals surface area contributed by atoms with Gasteiger partial charge in [-0.25, -0.2) is 0 Å².